The van der Waals surface area contributed by atoms with Gasteiger partial charge in [0.1, 0.15) is 0 Å². The summed E-state index contributed by atoms with van der Waals surface area (Å²) in [5.41, 5.74) is -0.426. The van der Waals surface area contributed by atoms with Crippen molar-refractivity contribution < 1.29 is 27.7 Å². The van der Waals surface area contributed by atoms with Crippen LogP contribution >= 0.6 is 0 Å². The number of benzene rings is 1. The molecule has 1 fully saturated rings. The summed E-state index contributed by atoms with van der Waals surface area (Å²) < 4.78 is 39.6. The van der Waals surface area contributed by atoms with E-state index in [2.05, 4.69) is 5.32 Å². The van der Waals surface area contributed by atoms with Crippen molar-refractivity contribution in [2.75, 3.05) is 32.0 Å². The van der Waals surface area contributed by atoms with Crippen molar-refractivity contribution >= 4 is 17.5 Å². The molecule has 2 rings (SSSR count). The van der Waals surface area contributed by atoms with Crippen LogP contribution in [0.1, 0.15) is 19.8 Å². The number of hydrogen-bond donors (Lipinski definition) is 2. The topological polar surface area (TPSA) is 53.9 Å². The molecule has 0 bridgehead atoms. The van der Waals surface area contributed by atoms with Crippen molar-refractivity contribution in [1.82, 2.24) is 4.90 Å². The monoisotopic (exact) mass is 344 g/mol. The van der Waals surface area contributed by atoms with E-state index in [9.17, 15) is 22.8 Å². The van der Waals surface area contributed by atoms with Gasteiger partial charge in [0.2, 0.25) is 0 Å². The van der Waals surface area contributed by atoms with Crippen molar-refractivity contribution in [3.63, 3.8) is 0 Å². The van der Waals surface area contributed by atoms with E-state index in [1.807, 2.05) is 0 Å². The number of anilines is 1. The van der Waals surface area contributed by atoms with E-state index in [1.54, 1.807) is 18.9 Å². The third-order valence-corrected chi connectivity index (χ3v) is 4.28. The highest BCUT2D eigenvalue weighted by Crippen LogP contribution is 2.19. The molecule has 1 aliphatic rings. The summed E-state index contributed by atoms with van der Waals surface area (Å²) in [6.45, 7) is 3.08. The number of rotatable bonds is 5. The Bertz CT molecular complexity index is 633. The third-order valence-electron chi connectivity index (χ3n) is 4.28. The van der Waals surface area contributed by atoms with Crippen LogP contribution in [0, 0.1) is 17.5 Å². The fourth-order valence-electron chi connectivity index (χ4n) is 2.65. The van der Waals surface area contributed by atoms with Gasteiger partial charge in [0, 0.05) is 13.1 Å². The first-order valence-corrected chi connectivity index (χ1v) is 7.85. The second-order valence-corrected chi connectivity index (χ2v) is 6.05. The zero-order chi connectivity index (χ0) is 17.9. The molecule has 2 N–H and O–H groups in total. The molecule has 1 aliphatic heterocycles. The van der Waals surface area contributed by atoms with E-state index in [1.165, 1.54) is 0 Å². The summed E-state index contributed by atoms with van der Waals surface area (Å²) >= 11 is 0. The first-order valence-electron chi connectivity index (χ1n) is 7.85. The molecule has 0 radical (unpaired) electrons. The van der Waals surface area contributed by atoms with Gasteiger partial charge in [-0.3, -0.25) is 9.59 Å². The molecule has 2 amide bonds. The molecule has 8 heteroatoms. The van der Waals surface area contributed by atoms with Crippen LogP contribution in [0.3, 0.4) is 0 Å². The molecule has 1 unspecified atom stereocenters. The SMILES string of the molecule is C[C@H](C(=O)N1CCCC1)[NH+](C)CC(=O)Nc1ccc(F)c(F)c1F. The van der Waals surface area contributed by atoms with Crippen LogP contribution in [0.2, 0.25) is 0 Å². The Balaban J connectivity index is 1.94. The molecule has 132 valence electrons. The van der Waals surface area contributed by atoms with Crippen molar-refractivity contribution in [2.45, 2.75) is 25.8 Å². The highest BCUT2D eigenvalue weighted by Gasteiger charge is 2.30. The maximum absolute atomic E-state index is 13.6. The Kier molecular flexibility index (Phi) is 5.82. The van der Waals surface area contributed by atoms with Gasteiger partial charge in [0.05, 0.1) is 12.7 Å². The Morgan fingerprint density at radius 3 is 2.46 bits per heavy atom. The van der Waals surface area contributed by atoms with Crippen LogP contribution < -0.4 is 10.2 Å². The zero-order valence-corrected chi connectivity index (χ0v) is 13.7. The molecule has 0 aliphatic carbocycles. The molecule has 1 heterocycles. The Morgan fingerprint density at radius 1 is 1.21 bits per heavy atom. The molecule has 1 aromatic rings. The first-order chi connectivity index (χ1) is 11.3. The summed E-state index contributed by atoms with van der Waals surface area (Å²) in [6, 6.07) is 1.27. The second kappa shape index (κ2) is 7.65. The predicted octanol–water partition coefficient (Wildman–Crippen LogP) is 0.568. The average Bonchev–Trinajstić information content (AvgIpc) is 3.08. The molecule has 0 spiro atoms. The van der Waals surface area contributed by atoms with Gasteiger partial charge in [-0.2, -0.15) is 0 Å². The van der Waals surface area contributed by atoms with Gasteiger partial charge >= 0.3 is 0 Å². The molecule has 0 aromatic heterocycles. The van der Waals surface area contributed by atoms with Gasteiger partial charge in [-0.1, -0.05) is 0 Å². The van der Waals surface area contributed by atoms with E-state index in [0.29, 0.717) is 4.90 Å². The van der Waals surface area contributed by atoms with E-state index in [-0.39, 0.29) is 12.5 Å². The van der Waals surface area contributed by atoms with Crippen molar-refractivity contribution in [3.8, 4) is 0 Å². The molecule has 0 saturated carbocycles. The lowest BCUT2D eigenvalue weighted by Crippen LogP contribution is -3.15. The highest BCUT2D eigenvalue weighted by molar-refractivity contribution is 5.91. The summed E-state index contributed by atoms with van der Waals surface area (Å²) in [5, 5.41) is 2.21. The van der Waals surface area contributed by atoms with Gasteiger partial charge < -0.3 is 15.1 Å². The fourth-order valence-corrected chi connectivity index (χ4v) is 2.65. The van der Waals surface area contributed by atoms with Gasteiger partial charge in [0.15, 0.2) is 30.0 Å². The quantitative estimate of drug-likeness (QED) is 0.768. The van der Waals surface area contributed by atoms with Crippen LogP contribution in [-0.2, 0) is 9.59 Å². The molecule has 1 aromatic carbocycles. The third kappa shape index (κ3) is 4.05. The minimum atomic E-state index is -1.63. The molecule has 5 nitrogen and oxygen atoms in total. The van der Waals surface area contributed by atoms with E-state index in [4.69, 9.17) is 0 Å². The number of carbonyl (C=O) groups excluding carboxylic acids is 2. The van der Waals surface area contributed by atoms with Crippen molar-refractivity contribution in [2.24, 2.45) is 0 Å². The largest absolute Gasteiger partial charge is 0.338 e. The zero-order valence-electron chi connectivity index (χ0n) is 13.7. The number of amides is 2. The number of likely N-dealkylation sites (N-methyl/N-ethyl adjacent to an activating group) is 1. The lowest BCUT2D eigenvalue weighted by atomic mass is 10.2. The van der Waals surface area contributed by atoms with Crippen LogP contribution in [0.4, 0.5) is 18.9 Å². The summed E-state index contributed by atoms with van der Waals surface area (Å²) in [5.74, 6) is -5.01. The maximum atomic E-state index is 13.6. The minimum Gasteiger partial charge on any atom is -0.338 e. The standard InChI is InChI=1S/C16H20F3N3O2/c1-10(16(24)22-7-3-4-8-22)21(2)9-13(23)20-12-6-5-11(17)14(18)15(12)19/h5-6,10H,3-4,7-9H2,1-2H3,(H,20,23)/p+1/t10-/m1/s1. The van der Waals surface area contributed by atoms with E-state index < -0.39 is 35.1 Å². The first kappa shape index (κ1) is 18.3. The molecular weight excluding hydrogens is 323 g/mol. The maximum Gasteiger partial charge on any atom is 0.280 e. The number of likely N-dealkylation sites (tertiary alicyclic amines) is 1. The lowest BCUT2D eigenvalue weighted by Gasteiger charge is -2.25. The summed E-state index contributed by atoms with van der Waals surface area (Å²) in [7, 11) is 1.68. The van der Waals surface area contributed by atoms with E-state index >= 15 is 0 Å². The predicted molar refractivity (Wildman–Crippen MR) is 82.0 cm³/mol. The van der Waals surface area contributed by atoms with Gasteiger partial charge in [-0.05, 0) is 31.9 Å². The molecular formula is C16H21F3N3O2+. The van der Waals surface area contributed by atoms with Crippen molar-refractivity contribution in [3.05, 3.63) is 29.6 Å². The van der Waals surface area contributed by atoms with E-state index in [0.717, 1.165) is 38.1 Å². The minimum absolute atomic E-state index is 0.0307. The molecule has 2 atom stereocenters. The van der Waals surface area contributed by atoms with Gasteiger partial charge in [-0.15, -0.1) is 0 Å². The molecule has 24 heavy (non-hydrogen) atoms. The molecule has 1 saturated heterocycles. The number of carbonyl (C=O) groups is 2. The van der Waals surface area contributed by atoms with Crippen LogP contribution in [0.15, 0.2) is 12.1 Å². The number of quaternary nitrogens is 1. The Hall–Kier alpha value is -2.09. The summed E-state index contributed by atoms with van der Waals surface area (Å²) in [4.78, 5) is 26.7. The Labute approximate surface area is 138 Å². The fraction of sp³-hybridized carbons (Fsp3) is 0.500. The highest BCUT2D eigenvalue weighted by atomic mass is 19.2. The van der Waals surface area contributed by atoms with Gasteiger partial charge in [-0.25, -0.2) is 13.2 Å². The van der Waals surface area contributed by atoms with Crippen molar-refractivity contribution in [1.29, 1.82) is 0 Å². The summed E-state index contributed by atoms with van der Waals surface area (Å²) in [6.07, 6.45) is 1.96. The normalized spacial score (nSPS) is 16.8. The number of hydrogen-bond acceptors (Lipinski definition) is 2. The number of nitrogens with one attached hydrogen (secondary N) is 2. The Morgan fingerprint density at radius 2 is 1.83 bits per heavy atom. The smallest absolute Gasteiger partial charge is 0.280 e. The number of halogens is 3. The average molecular weight is 344 g/mol. The van der Waals surface area contributed by atoms with Crippen LogP contribution in [0.25, 0.3) is 0 Å². The van der Waals surface area contributed by atoms with Gasteiger partial charge in [0.25, 0.3) is 11.8 Å². The van der Waals surface area contributed by atoms with Crippen LogP contribution in [0.5, 0.6) is 0 Å². The second-order valence-electron chi connectivity index (χ2n) is 6.05. The van der Waals surface area contributed by atoms with Crippen LogP contribution in [-0.4, -0.2) is 49.4 Å². The number of nitrogens with zero attached hydrogens (tertiary/aromatic N) is 1. The lowest BCUT2D eigenvalue weighted by molar-refractivity contribution is -0.886.